The first-order valence-electron chi connectivity index (χ1n) is 2.59. The van der Waals surface area contributed by atoms with Crippen LogP contribution in [-0.2, 0) is 4.79 Å². The van der Waals surface area contributed by atoms with E-state index in [0.29, 0.717) is 6.54 Å². The molecule has 2 N–H and O–H groups in total. The predicted molar refractivity (Wildman–Crippen MR) is 27.9 cm³/mol. The SMILES string of the molecule is O=[C]NCC1(O)CC1. The van der Waals surface area contributed by atoms with Crippen LogP contribution in [0, 0.1) is 0 Å². The first-order valence-corrected chi connectivity index (χ1v) is 2.59. The number of hydrogen-bond acceptors (Lipinski definition) is 2. The van der Waals surface area contributed by atoms with Crippen molar-refractivity contribution in [3.8, 4) is 0 Å². The molecule has 3 nitrogen and oxygen atoms in total. The minimum absolute atomic E-state index is 0.358. The maximum absolute atomic E-state index is 9.53. The summed E-state index contributed by atoms with van der Waals surface area (Å²) in [6, 6.07) is 0. The molecule has 1 aliphatic carbocycles. The van der Waals surface area contributed by atoms with E-state index in [1.165, 1.54) is 6.41 Å². The highest BCUT2D eigenvalue weighted by Crippen LogP contribution is 2.33. The van der Waals surface area contributed by atoms with Crippen molar-refractivity contribution in [1.29, 1.82) is 0 Å². The number of hydrogen-bond donors (Lipinski definition) is 2. The van der Waals surface area contributed by atoms with Crippen molar-refractivity contribution in [2.24, 2.45) is 0 Å². The van der Waals surface area contributed by atoms with Crippen LogP contribution in [0.2, 0.25) is 0 Å². The van der Waals surface area contributed by atoms with Gasteiger partial charge in [-0.1, -0.05) is 0 Å². The summed E-state index contributed by atoms with van der Waals surface area (Å²) in [6.45, 7) is 0.358. The Bertz CT molecular complexity index is 98.6. The van der Waals surface area contributed by atoms with Gasteiger partial charge in [0.1, 0.15) is 0 Å². The van der Waals surface area contributed by atoms with Gasteiger partial charge in [-0.3, -0.25) is 4.79 Å². The van der Waals surface area contributed by atoms with Crippen molar-refractivity contribution >= 4 is 6.41 Å². The molecule has 0 aliphatic heterocycles. The van der Waals surface area contributed by atoms with Crippen LogP contribution in [0.1, 0.15) is 12.8 Å². The van der Waals surface area contributed by atoms with Gasteiger partial charge in [-0.25, -0.2) is 0 Å². The van der Waals surface area contributed by atoms with Gasteiger partial charge in [0.25, 0.3) is 0 Å². The third kappa shape index (κ3) is 1.20. The highest BCUT2D eigenvalue weighted by atomic mass is 16.3. The first-order chi connectivity index (χ1) is 3.77. The second-order valence-electron chi connectivity index (χ2n) is 2.18. The summed E-state index contributed by atoms with van der Waals surface area (Å²) in [5.74, 6) is 0. The summed E-state index contributed by atoms with van der Waals surface area (Å²) < 4.78 is 0. The molecule has 0 aromatic rings. The minimum atomic E-state index is -0.572. The van der Waals surface area contributed by atoms with Crippen molar-refractivity contribution in [2.75, 3.05) is 6.54 Å². The summed E-state index contributed by atoms with van der Waals surface area (Å²) in [5.41, 5.74) is -0.572. The number of rotatable bonds is 3. The lowest BCUT2D eigenvalue weighted by Gasteiger charge is -2.02. The Morgan fingerprint density at radius 1 is 1.75 bits per heavy atom. The van der Waals surface area contributed by atoms with E-state index in [4.69, 9.17) is 5.11 Å². The largest absolute Gasteiger partial charge is 0.388 e. The first kappa shape index (κ1) is 5.56. The maximum atomic E-state index is 9.53. The fraction of sp³-hybridized carbons (Fsp3) is 0.800. The van der Waals surface area contributed by atoms with Gasteiger partial charge in [-0.2, -0.15) is 0 Å². The van der Waals surface area contributed by atoms with Gasteiger partial charge in [0, 0.05) is 6.54 Å². The minimum Gasteiger partial charge on any atom is -0.388 e. The van der Waals surface area contributed by atoms with E-state index in [-0.39, 0.29) is 0 Å². The lowest BCUT2D eigenvalue weighted by atomic mass is 10.3. The number of nitrogens with one attached hydrogen (secondary N) is 1. The molecule has 0 heterocycles. The van der Waals surface area contributed by atoms with Crippen molar-refractivity contribution < 1.29 is 9.90 Å². The van der Waals surface area contributed by atoms with Crippen LogP contribution in [0.5, 0.6) is 0 Å². The van der Waals surface area contributed by atoms with Gasteiger partial charge in [0.15, 0.2) is 0 Å². The van der Waals surface area contributed by atoms with E-state index < -0.39 is 5.60 Å². The zero-order valence-corrected chi connectivity index (χ0v) is 4.48. The molecule has 0 spiro atoms. The van der Waals surface area contributed by atoms with E-state index >= 15 is 0 Å². The Kier molecular flexibility index (Phi) is 1.21. The second kappa shape index (κ2) is 1.74. The quantitative estimate of drug-likeness (QED) is 0.470. The molecule has 1 saturated carbocycles. The normalized spacial score (nSPS) is 22.1. The zero-order valence-electron chi connectivity index (χ0n) is 4.48. The molecule has 45 valence electrons. The van der Waals surface area contributed by atoms with Crippen LogP contribution in [0.15, 0.2) is 0 Å². The zero-order chi connectivity index (χ0) is 6.04. The lowest BCUT2D eigenvalue weighted by Crippen LogP contribution is -2.26. The maximum Gasteiger partial charge on any atom is 0.309 e. The van der Waals surface area contributed by atoms with Crippen LogP contribution >= 0.6 is 0 Å². The van der Waals surface area contributed by atoms with Crippen molar-refractivity contribution in [3.05, 3.63) is 0 Å². The van der Waals surface area contributed by atoms with Crippen LogP contribution in [0.25, 0.3) is 0 Å². The topological polar surface area (TPSA) is 49.3 Å². The molecule has 1 amide bonds. The van der Waals surface area contributed by atoms with Crippen molar-refractivity contribution in [1.82, 2.24) is 5.32 Å². The molecule has 8 heavy (non-hydrogen) atoms. The van der Waals surface area contributed by atoms with E-state index in [1.54, 1.807) is 0 Å². The Balaban J connectivity index is 2.09. The van der Waals surface area contributed by atoms with Gasteiger partial charge in [0.2, 0.25) is 0 Å². The molecule has 1 fully saturated rings. The van der Waals surface area contributed by atoms with Gasteiger partial charge < -0.3 is 10.4 Å². The molecular formula is C5H8NO2. The summed E-state index contributed by atoms with van der Waals surface area (Å²) in [4.78, 5) is 9.53. The number of aliphatic hydroxyl groups is 1. The van der Waals surface area contributed by atoms with Gasteiger partial charge >= 0.3 is 6.41 Å². The molecule has 1 radical (unpaired) electrons. The van der Waals surface area contributed by atoms with E-state index in [9.17, 15) is 4.79 Å². The second-order valence-corrected chi connectivity index (χ2v) is 2.18. The Morgan fingerprint density at radius 2 is 2.38 bits per heavy atom. The standard InChI is InChI=1S/C5H8NO2/c7-4-6-3-5(8)1-2-5/h8H,1-3H2,(H,6,7). The molecule has 0 atom stereocenters. The third-order valence-corrected chi connectivity index (χ3v) is 1.32. The smallest absolute Gasteiger partial charge is 0.309 e. The van der Waals surface area contributed by atoms with Crippen LogP contribution in [-0.4, -0.2) is 23.7 Å². The highest BCUT2D eigenvalue weighted by Gasteiger charge is 2.39. The fourth-order valence-electron chi connectivity index (χ4n) is 0.522. The Morgan fingerprint density at radius 3 is 2.75 bits per heavy atom. The number of carbonyl (C=O) groups excluding carboxylic acids is 1. The Labute approximate surface area is 47.7 Å². The van der Waals surface area contributed by atoms with E-state index in [2.05, 4.69) is 5.32 Å². The molecule has 1 rings (SSSR count). The molecule has 0 saturated heterocycles. The fourth-order valence-corrected chi connectivity index (χ4v) is 0.522. The molecule has 0 unspecified atom stereocenters. The average Bonchev–Trinajstić information content (AvgIpc) is 2.45. The van der Waals surface area contributed by atoms with Gasteiger partial charge in [0.05, 0.1) is 5.60 Å². The molecular weight excluding hydrogens is 106 g/mol. The third-order valence-electron chi connectivity index (χ3n) is 1.32. The summed E-state index contributed by atoms with van der Waals surface area (Å²) in [7, 11) is 0. The van der Waals surface area contributed by atoms with Crippen molar-refractivity contribution in [2.45, 2.75) is 18.4 Å². The molecule has 0 aromatic heterocycles. The van der Waals surface area contributed by atoms with Gasteiger partial charge in [-0.15, -0.1) is 0 Å². The van der Waals surface area contributed by atoms with Crippen LogP contribution < -0.4 is 5.32 Å². The summed E-state index contributed by atoms with van der Waals surface area (Å²) in [6.07, 6.45) is 3.12. The van der Waals surface area contributed by atoms with E-state index in [1.807, 2.05) is 0 Å². The molecule has 3 heteroatoms. The number of amides is 1. The summed E-state index contributed by atoms with van der Waals surface area (Å²) >= 11 is 0. The highest BCUT2D eigenvalue weighted by molar-refractivity contribution is 5.47. The van der Waals surface area contributed by atoms with Gasteiger partial charge in [-0.05, 0) is 12.8 Å². The molecule has 0 bridgehead atoms. The van der Waals surface area contributed by atoms with Crippen LogP contribution in [0.4, 0.5) is 0 Å². The lowest BCUT2D eigenvalue weighted by molar-refractivity contribution is 0.153. The van der Waals surface area contributed by atoms with Crippen molar-refractivity contribution in [3.63, 3.8) is 0 Å². The average molecular weight is 114 g/mol. The van der Waals surface area contributed by atoms with Crippen LogP contribution in [0.3, 0.4) is 0 Å². The summed E-state index contributed by atoms with van der Waals surface area (Å²) in [5, 5.41) is 11.3. The predicted octanol–water partition coefficient (Wildman–Crippen LogP) is -0.832. The van der Waals surface area contributed by atoms with E-state index in [0.717, 1.165) is 12.8 Å². The Hall–Kier alpha value is -0.570. The molecule has 0 aromatic carbocycles. The monoisotopic (exact) mass is 114 g/mol. The molecule has 1 aliphatic rings.